The van der Waals surface area contributed by atoms with Crippen molar-refractivity contribution in [3.8, 4) is 5.75 Å². The highest BCUT2D eigenvalue weighted by Crippen LogP contribution is 2.17. The zero-order chi connectivity index (χ0) is 21.8. The van der Waals surface area contributed by atoms with Gasteiger partial charge in [0.1, 0.15) is 17.6 Å². The molecule has 1 fully saturated rings. The number of imide groups is 1. The first-order chi connectivity index (χ1) is 15.0. The number of fused-ring (bicyclic) bond motifs is 1. The highest BCUT2D eigenvalue weighted by atomic mass is 16.5. The van der Waals surface area contributed by atoms with Gasteiger partial charge < -0.3 is 20.4 Å². The Kier molecular flexibility index (Phi) is 5.83. The van der Waals surface area contributed by atoms with Gasteiger partial charge in [-0.3, -0.25) is 14.5 Å². The van der Waals surface area contributed by atoms with E-state index < -0.39 is 12.1 Å². The summed E-state index contributed by atoms with van der Waals surface area (Å²) in [5.74, 6) is 0.819. The molecule has 1 unspecified atom stereocenters. The molecule has 4 rings (SSSR count). The summed E-state index contributed by atoms with van der Waals surface area (Å²) in [7, 11) is 1.57. The largest absolute Gasteiger partial charge is 0.497 e. The van der Waals surface area contributed by atoms with Gasteiger partial charge in [0.25, 0.3) is 5.91 Å². The van der Waals surface area contributed by atoms with Crippen LogP contribution in [0.4, 0.5) is 4.79 Å². The number of carbonyl (C=O) groups is 3. The number of nitrogens with zero attached hydrogens (tertiary/aromatic N) is 2. The Hall–Kier alpha value is -3.88. The minimum absolute atomic E-state index is 0.118. The van der Waals surface area contributed by atoms with E-state index in [0.717, 1.165) is 16.6 Å². The smallest absolute Gasteiger partial charge is 0.325 e. The summed E-state index contributed by atoms with van der Waals surface area (Å²) in [4.78, 5) is 45.8. The van der Waals surface area contributed by atoms with Gasteiger partial charge in [-0.25, -0.2) is 9.78 Å². The molecule has 2 aromatic carbocycles. The van der Waals surface area contributed by atoms with E-state index in [-0.39, 0.29) is 37.7 Å². The molecule has 3 N–H and O–H groups in total. The van der Waals surface area contributed by atoms with E-state index in [1.807, 2.05) is 24.3 Å². The van der Waals surface area contributed by atoms with Crippen LogP contribution < -0.4 is 15.4 Å². The molecule has 0 saturated carbocycles. The minimum Gasteiger partial charge on any atom is -0.497 e. The molecule has 31 heavy (non-hydrogen) atoms. The Bertz CT molecular complexity index is 1080. The summed E-state index contributed by atoms with van der Waals surface area (Å²) in [6.07, 6.45) is 0.350. The van der Waals surface area contributed by atoms with Crippen molar-refractivity contribution < 1.29 is 19.1 Å². The minimum atomic E-state index is -0.706. The van der Waals surface area contributed by atoms with E-state index in [4.69, 9.17) is 4.74 Å². The third-order valence-corrected chi connectivity index (χ3v) is 5.16. The summed E-state index contributed by atoms with van der Waals surface area (Å²) in [5.41, 5.74) is 2.56. The number of ether oxygens (including phenoxy) is 1. The van der Waals surface area contributed by atoms with Crippen LogP contribution >= 0.6 is 0 Å². The average Bonchev–Trinajstić information content (AvgIpc) is 3.32. The normalized spacial score (nSPS) is 15.9. The number of urea groups is 1. The Labute approximate surface area is 178 Å². The number of carbonyl (C=O) groups excluding carboxylic acids is 3. The van der Waals surface area contributed by atoms with E-state index >= 15 is 0 Å². The molecule has 4 amide bonds. The number of hydrogen-bond donors (Lipinski definition) is 3. The van der Waals surface area contributed by atoms with Crippen LogP contribution in [0.5, 0.6) is 5.75 Å². The fourth-order valence-electron chi connectivity index (χ4n) is 3.47. The lowest BCUT2D eigenvalue weighted by Crippen LogP contribution is -2.32. The maximum Gasteiger partial charge on any atom is 0.325 e. The number of benzene rings is 2. The SMILES string of the molecule is COc1ccc(CN2C(=O)NC(CCC(=O)NCc3nc4ccccc4[nH]3)C2=O)cc1. The topological polar surface area (TPSA) is 116 Å². The number of aromatic amines is 1. The number of hydrogen-bond acceptors (Lipinski definition) is 5. The molecule has 9 heteroatoms. The highest BCUT2D eigenvalue weighted by Gasteiger charge is 2.37. The number of rotatable bonds is 8. The van der Waals surface area contributed by atoms with Crippen molar-refractivity contribution in [1.29, 1.82) is 0 Å². The lowest BCUT2D eigenvalue weighted by molar-refractivity contribution is -0.128. The number of nitrogens with one attached hydrogen (secondary N) is 3. The van der Waals surface area contributed by atoms with Crippen molar-refractivity contribution in [3.05, 3.63) is 59.9 Å². The number of methoxy groups -OCH3 is 1. The van der Waals surface area contributed by atoms with Gasteiger partial charge in [0.05, 0.1) is 31.2 Å². The van der Waals surface area contributed by atoms with Crippen LogP contribution in [-0.4, -0.2) is 45.9 Å². The van der Waals surface area contributed by atoms with Gasteiger partial charge in [0, 0.05) is 6.42 Å². The van der Waals surface area contributed by atoms with Crippen LogP contribution in [0.15, 0.2) is 48.5 Å². The molecule has 3 aromatic rings. The van der Waals surface area contributed by atoms with Crippen LogP contribution in [0.2, 0.25) is 0 Å². The summed E-state index contributed by atoms with van der Waals surface area (Å²) in [6, 6.07) is 13.6. The predicted molar refractivity (Wildman–Crippen MR) is 113 cm³/mol. The number of H-pyrrole nitrogens is 1. The Balaban J connectivity index is 1.26. The zero-order valence-corrected chi connectivity index (χ0v) is 17.1. The third-order valence-electron chi connectivity index (χ3n) is 5.16. The molecule has 1 aromatic heterocycles. The van der Waals surface area contributed by atoms with Gasteiger partial charge in [0.15, 0.2) is 0 Å². The highest BCUT2D eigenvalue weighted by molar-refractivity contribution is 6.04. The first kappa shape index (κ1) is 20.4. The van der Waals surface area contributed by atoms with E-state index in [1.165, 1.54) is 4.90 Å². The van der Waals surface area contributed by atoms with Gasteiger partial charge >= 0.3 is 6.03 Å². The molecule has 9 nitrogen and oxygen atoms in total. The molecule has 0 radical (unpaired) electrons. The molecule has 1 saturated heterocycles. The monoisotopic (exact) mass is 421 g/mol. The molecular formula is C22H23N5O4. The predicted octanol–water partition coefficient (Wildman–Crippen LogP) is 2.09. The molecule has 0 spiro atoms. The summed E-state index contributed by atoms with van der Waals surface area (Å²) < 4.78 is 5.11. The van der Waals surface area contributed by atoms with Crippen molar-refractivity contribution in [1.82, 2.24) is 25.5 Å². The van der Waals surface area contributed by atoms with Crippen molar-refractivity contribution in [3.63, 3.8) is 0 Å². The Morgan fingerprint density at radius 2 is 1.94 bits per heavy atom. The van der Waals surface area contributed by atoms with Gasteiger partial charge in [-0.1, -0.05) is 24.3 Å². The van der Waals surface area contributed by atoms with Crippen molar-refractivity contribution in [2.75, 3.05) is 7.11 Å². The molecule has 0 aliphatic carbocycles. The van der Waals surface area contributed by atoms with Gasteiger partial charge in [-0.05, 0) is 36.2 Å². The van der Waals surface area contributed by atoms with Crippen LogP contribution in [0, 0.1) is 0 Å². The fraction of sp³-hybridized carbons (Fsp3) is 0.273. The molecule has 1 atom stereocenters. The molecule has 160 valence electrons. The average molecular weight is 421 g/mol. The second-order valence-electron chi connectivity index (χ2n) is 7.29. The zero-order valence-electron chi connectivity index (χ0n) is 17.1. The first-order valence-electron chi connectivity index (χ1n) is 9.98. The van der Waals surface area contributed by atoms with Gasteiger partial charge in [0.2, 0.25) is 5.91 Å². The molecule has 1 aliphatic rings. The summed E-state index contributed by atoms with van der Waals surface area (Å²) >= 11 is 0. The maximum absolute atomic E-state index is 12.6. The molecule has 0 bridgehead atoms. The quantitative estimate of drug-likeness (QED) is 0.482. The lowest BCUT2D eigenvalue weighted by Gasteiger charge is -2.13. The van der Waals surface area contributed by atoms with Crippen molar-refractivity contribution in [2.45, 2.75) is 32.0 Å². The molecular weight excluding hydrogens is 398 g/mol. The second-order valence-corrected chi connectivity index (χ2v) is 7.29. The maximum atomic E-state index is 12.6. The van der Waals surface area contributed by atoms with E-state index in [9.17, 15) is 14.4 Å². The second kappa shape index (κ2) is 8.86. The number of aromatic nitrogens is 2. The van der Waals surface area contributed by atoms with Crippen LogP contribution in [0.1, 0.15) is 24.2 Å². The number of imidazole rings is 1. The lowest BCUT2D eigenvalue weighted by atomic mass is 10.1. The van der Waals surface area contributed by atoms with Crippen molar-refractivity contribution >= 4 is 28.9 Å². The van der Waals surface area contributed by atoms with Crippen LogP contribution in [-0.2, 0) is 22.7 Å². The Morgan fingerprint density at radius 1 is 1.16 bits per heavy atom. The molecule has 2 heterocycles. The number of para-hydroxylation sites is 2. The van der Waals surface area contributed by atoms with E-state index in [0.29, 0.717) is 11.6 Å². The van der Waals surface area contributed by atoms with E-state index in [2.05, 4.69) is 20.6 Å². The van der Waals surface area contributed by atoms with Gasteiger partial charge in [-0.15, -0.1) is 0 Å². The summed E-state index contributed by atoms with van der Waals surface area (Å²) in [5, 5.41) is 5.45. The van der Waals surface area contributed by atoms with E-state index in [1.54, 1.807) is 31.4 Å². The third kappa shape index (κ3) is 4.66. The fourth-order valence-corrected chi connectivity index (χ4v) is 3.47. The molecule has 1 aliphatic heterocycles. The first-order valence-corrected chi connectivity index (χ1v) is 9.98. The summed E-state index contributed by atoms with van der Waals surface area (Å²) in [6.45, 7) is 0.436. The van der Waals surface area contributed by atoms with Crippen LogP contribution in [0.25, 0.3) is 11.0 Å². The number of amides is 4. The van der Waals surface area contributed by atoms with Crippen LogP contribution in [0.3, 0.4) is 0 Å². The Morgan fingerprint density at radius 3 is 2.68 bits per heavy atom. The van der Waals surface area contributed by atoms with Gasteiger partial charge in [-0.2, -0.15) is 0 Å². The van der Waals surface area contributed by atoms with Crippen molar-refractivity contribution in [2.24, 2.45) is 0 Å². The standard InChI is InChI=1S/C22H23N5O4/c1-31-15-8-6-14(7-9-15)13-27-21(29)18(26-22(27)30)10-11-20(28)23-12-19-24-16-4-2-3-5-17(16)25-19/h2-9,18H,10-13H2,1H3,(H,23,28)(H,24,25)(H,26,30).